The molecular weight excluding hydrogens is 557 g/mol. The summed E-state index contributed by atoms with van der Waals surface area (Å²) in [5.74, 6) is 0. The van der Waals surface area contributed by atoms with E-state index in [1.54, 1.807) is 0 Å². The van der Waals surface area contributed by atoms with E-state index in [0.717, 1.165) is 0 Å². The van der Waals surface area contributed by atoms with Crippen LogP contribution in [0.3, 0.4) is 0 Å². The average molecular weight is 585 g/mol. The monoisotopic (exact) mass is 584 g/mol. The van der Waals surface area contributed by atoms with E-state index < -0.39 is 13.5 Å². The molecular formula is C34H28N2S2Si2. The van der Waals surface area contributed by atoms with Crippen molar-refractivity contribution in [1.82, 2.24) is 9.97 Å². The summed E-state index contributed by atoms with van der Waals surface area (Å²) in [7, 11) is 0. The van der Waals surface area contributed by atoms with Crippen molar-refractivity contribution in [2.45, 2.75) is 9.79 Å². The molecule has 0 aliphatic carbocycles. The zero-order chi connectivity index (χ0) is 27.1. The lowest BCUT2D eigenvalue weighted by Crippen LogP contribution is -2.82. The molecule has 0 amide bonds. The van der Waals surface area contributed by atoms with Crippen molar-refractivity contribution in [3.8, 4) is 0 Å². The number of hydrogen-bond acceptors (Lipinski definition) is 4. The highest BCUT2D eigenvalue weighted by atomic mass is 32.4. The zero-order valence-corrected chi connectivity index (χ0v) is 25.5. The Balaban J connectivity index is 1.81. The third-order valence-corrected chi connectivity index (χ3v) is 35.3. The van der Waals surface area contributed by atoms with Crippen LogP contribution in [0.2, 0.25) is 0 Å². The molecule has 6 rings (SSSR count). The van der Waals surface area contributed by atoms with Gasteiger partial charge in [-0.1, -0.05) is 121 Å². The highest BCUT2D eigenvalue weighted by Gasteiger charge is 2.61. The lowest BCUT2D eigenvalue weighted by Gasteiger charge is -2.48. The van der Waals surface area contributed by atoms with Crippen molar-refractivity contribution in [1.29, 1.82) is 0 Å². The van der Waals surface area contributed by atoms with Gasteiger partial charge in [0.15, 0.2) is 13.5 Å². The molecule has 2 aromatic heterocycles. The first-order valence-corrected chi connectivity index (χ1v) is 21.3. The van der Waals surface area contributed by atoms with Gasteiger partial charge in [0, 0.05) is 34.6 Å². The lowest BCUT2D eigenvalue weighted by molar-refractivity contribution is 1.27. The summed E-state index contributed by atoms with van der Waals surface area (Å²) in [5, 5.41) is 5.68. The lowest BCUT2D eigenvalue weighted by atomic mass is 10.4. The average Bonchev–Trinajstić information content (AvgIpc) is 3.05. The van der Waals surface area contributed by atoms with Crippen LogP contribution in [-0.2, 0) is 0 Å². The van der Waals surface area contributed by atoms with Crippen molar-refractivity contribution in [3.63, 3.8) is 0 Å². The quantitative estimate of drug-likeness (QED) is 0.196. The topological polar surface area (TPSA) is 25.8 Å². The van der Waals surface area contributed by atoms with Gasteiger partial charge < -0.3 is 0 Å². The minimum atomic E-state index is -2.76. The van der Waals surface area contributed by atoms with Gasteiger partial charge in [-0.15, -0.1) is 22.4 Å². The third-order valence-electron chi connectivity index (χ3n) is 7.06. The molecule has 0 unspecified atom stereocenters. The van der Waals surface area contributed by atoms with Crippen LogP contribution in [0.5, 0.6) is 0 Å². The Hall–Kier alpha value is -3.69. The van der Waals surface area contributed by atoms with E-state index in [0.29, 0.717) is 0 Å². The van der Waals surface area contributed by atoms with E-state index >= 15 is 0 Å². The molecule has 2 nitrogen and oxygen atoms in total. The summed E-state index contributed by atoms with van der Waals surface area (Å²) in [4.78, 5) is 11.2. The molecule has 0 aliphatic heterocycles. The van der Waals surface area contributed by atoms with Gasteiger partial charge in [0.2, 0.25) is 0 Å². The standard InChI is InChI=1S/C34H28N2S2Si2/c1-5-13-31(14-6-1)39(32-15-7-2-8-16-32,37-29-21-25-35-26-22-29)40(33-17-9-3-10-18-33,34-19-11-4-12-20-34)38-30-23-27-36-28-24-30/h1-28H. The van der Waals surface area contributed by atoms with Gasteiger partial charge in [-0.2, -0.15) is 0 Å². The maximum absolute atomic E-state index is 4.37. The molecule has 40 heavy (non-hydrogen) atoms. The maximum atomic E-state index is 4.37. The highest BCUT2D eigenvalue weighted by molar-refractivity contribution is 8.54. The molecule has 0 saturated heterocycles. The Morgan fingerprint density at radius 3 is 0.825 bits per heavy atom. The molecule has 6 aromatic rings. The first kappa shape index (κ1) is 26.5. The van der Waals surface area contributed by atoms with E-state index in [1.807, 2.05) is 24.8 Å². The zero-order valence-electron chi connectivity index (χ0n) is 21.9. The Morgan fingerprint density at radius 2 is 0.575 bits per heavy atom. The molecule has 0 fully saturated rings. The summed E-state index contributed by atoms with van der Waals surface area (Å²) in [5.41, 5.74) is 0. The maximum Gasteiger partial charge on any atom is 0.196 e. The van der Waals surface area contributed by atoms with Crippen LogP contribution in [0.4, 0.5) is 0 Å². The van der Waals surface area contributed by atoms with Crippen molar-refractivity contribution >= 4 is 56.7 Å². The molecule has 2 heterocycles. The minimum Gasteiger partial charge on any atom is -0.265 e. The van der Waals surface area contributed by atoms with Gasteiger partial charge in [0.1, 0.15) is 0 Å². The van der Waals surface area contributed by atoms with Gasteiger partial charge in [-0.3, -0.25) is 9.97 Å². The number of benzene rings is 4. The van der Waals surface area contributed by atoms with Gasteiger partial charge >= 0.3 is 0 Å². The second-order valence-electron chi connectivity index (χ2n) is 9.40. The van der Waals surface area contributed by atoms with E-state index in [9.17, 15) is 0 Å². The molecule has 6 heteroatoms. The van der Waals surface area contributed by atoms with Crippen LogP contribution in [0.1, 0.15) is 0 Å². The predicted molar refractivity (Wildman–Crippen MR) is 176 cm³/mol. The summed E-state index contributed by atoms with van der Waals surface area (Å²) < 4.78 is 0. The number of aromatic nitrogens is 2. The van der Waals surface area contributed by atoms with Crippen LogP contribution in [-0.4, -0.2) is 23.4 Å². The molecule has 4 aromatic carbocycles. The molecule has 0 N–H and O–H groups in total. The van der Waals surface area contributed by atoms with Crippen LogP contribution >= 0.6 is 22.4 Å². The fraction of sp³-hybridized carbons (Fsp3) is 0. The van der Waals surface area contributed by atoms with Crippen molar-refractivity contribution in [2.75, 3.05) is 0 Å². The normalized spacial score (nSPS) is 11.7. The van der Waals surface area contributed by atoms with Gasteiger partial charge in [0.05, 0.1) is 0 Å². The van der Waals surface area contributed by atoms with Gasteiger partial charge in [-0.05, 0) is 45.0 Å². The van der Waals surface area contributed by atoms with Crippen LogP contribution in [0.25, 0.3) is 0 Å². The fourth-order valence-electron chi connectivity index (χ4n) is 5.38. The SMILES string of the molecule is c1ccc([Si](Sc2ccncc2)(c2ccccc2)[Si](Sc2ccncc2)(c2ccccc2)c2ccccc2)cc1. The first-order chi connectivity index (χ1) is 19.8. The molecule has 0 atom stereocenters. The number of nitrogens with zero attached hydrogens (tertiary/aromatic N) is 2. The van der Waals surface area contributed by atoms with Gasteiger partial charge in [-0.25, -0.2) is 0 Å². The largest absolute Gasteiger partial charge is 0.265 e. The third kappa shape index (κ3) is 5.00. The highest BCUT2D eigenvalue weighted by Crippen LogP contribution is 2.43. The second kappa shape index (κ2) is 12.2. The molecule has 194 valence electrons. The van der Waals surface area contributed by atoms with Gasteiger partial charge in [0.25, 0.3) is 0 Å². The minimum absolute atomic E-state index is 1.24. The first-order valence-electron chi connectivity index (χ1n) is 13.2. The van der Waals surface area contributed by atoms with Crippen LogP contribution < -0.4 is 20.7 Å². The van der Waals surface area contributed by atoms with E-state index in [1.165, 1.54) is 30.5 Å². The Labute approximate surface area is 245 Å². The molecule has 0 aliphatic rings. The summed E-state index contributed by atoms with van der Waals surface area (Å²) in [6.45, 7) is -5.52. The van der Waals surface area contributed by atoms with E-state index in [2.05, 4.69) is 178 Å². The Bertz CT molecular complexity index is 1420. The molecule has 0 spiro atoms. The van der Waals surface area contributed by atoms with Crippen LogP contribution in [0, 0.1) is 0 Å². The second-order valence-corrected chi connectivity index (χ2v) is 27.4. The smallest absolute Gasteiger partial charge is 0.196 e. The molecule has 0 radical (unpaired) electrons. The Kier molecular flexibility index (Phi) is 8.11. The number of rotatable bonds is 9. The number of hydrogen-bond donors (Lipinski definition) is 0. The predicted octanol–water partition coefficient (Wildman–Crippen LogP) is 5.96. The summed E-state index contributed by atoms with van der Waals surface area (Å²) in [6.07, 6.45) is 7.67. The van der Waals surface area contributed by atoms with Crippen molar-refractivity contribution in [3.05, 3.63) is 170 Å². The van der Waals surface area contributed by atoms with E-state index in [4.69, 9.17) is 0 Å². The van der Waals surface area contributed by atoms with Crippen LogP contribution in [0.15, 0.2) is 180 Å². The summed E-state index contributed by atoms with van der Waals surface area (Å²) >= 11 is 4.16. The molecule has 0 bridgehead atoms. The fourth-order valence-corrected chi connectivity index (χ4v) is 37.2. The number of pyridine rings is 2. The van der Waals surface area contributed by atoms with Crippen molar-refractivity contribution in [2.24, 2.45) is 0 Å². The molecule has 0 saturated carbocycles. The Morgan fingerprint density at radius 1 is 0.325 bits per heavy atom. The van der Waals surface area contributed by atoms with Crippen molar-refractivity contribution < 1.29 is 0 Å². The summed E-state index contributed by atoms with van der Waals surface area (Å²) in [6, 6.07) is 53.8. The van der Waals surface area contributed by atoms with E-state index in [-0.39, 0.29) is 0 Å².